The second-order valence-electron chi connectivity index (χ2n) is 11.1. The summed E-state index contributed by atoms with van der Waals surface area (Å²) in [6.45, 7) is 2.12. The first kappa shape index (κ1) is 23.5. The summed E-state index contributed by atoms with van der Waals surface area (Å²) in [5.74, 6) is 2.76. The van der Waals surface area contributed by atoms with Crippen molar-refractivity contribution >= 4 is 23.6 Å². The van der Waals surface area contributed by atoms with Crippen LogP contribution in [0, 0.1) is 0 Å². The van der Waals surface area contributed by atoms with Crippen LogP contribution in [0.25, 0.3) is 0 Å². The Kier molecular flexibility index (Phi) is 6.94. The predicted molar refractivity (Wildman–Crippen MR) is 139 cm³/mol. The number of aromatic nitrogens is 4. The van der Waals surface area contributed by atoms with E-state index in [-0.39, 0.29) is 18.1 Å². The molecule has 0 aromatic carbocycles. The lowest BCUT2D eigenvalue weighted by Crippen LogP contribution is -2.48. The minimum atomic E-state index is -0.00869. The highest BCUT2D eigenvalue weighted by Gasteiger charge is 2.35. The molecule has 5 N–H and O–H groups in total. The average molecular weight is 494 g/mol. The smallest absolute Gasteiger partial charge is 0.315 e. The zero-order valence-corrected chi connectivity index (χ0v) is 21.0. The summed E-state index contributed by atoms with van der Waals surface area (Å²) in [4.78, 5) is 24.1. The Bertz CT molecular complexity index is 1020. The van der Waals surface area contributed by atoms with Gasteiger partial charge in [-0.3, -0.25) is 10.00 Å². The van der Waals surface area contributed by atoms with Crippen molar-refractivity contribution in [1.82, 2.24) is 35.7 Å². The molecule has 2 amide bonds. The summed E-state index contributed by atoms with van der Waals surface area (Å²) >= 11 is 0. The maximum absolute atomic E-state index is 12.5. The molecule has 0 bridgehead atoms. The van der Waals surface area contributed by atoms with Gasteiger partial charge < -0.3 is 21.3 Å². The van der Waals surface area contributed by atoms with Gasteiger partial charge in [0, 0.05) is 61.1 Å². The Labute approximate surface area is 212 Å². The van der Waals surface area contributed by atoms with Crippen LogP contribution in [0.15, 0.2) is 18.3 Å². The molecular weight excluding hydrogens is 454 g/mol. The topological polar surface area (TPSA) is 123 Å². The molecule has 1 aliphatic heterocycles. The summed E-state index contributed by atoms with van der Waals surface area (Å²) in [5.41, 5.74) is 1.21. The number of anilines is 3. The minimum Gasteiger partial charge on any atom is -0.351 e. The molecule has 2 aromatic rings. The quantitative estimate of drug-likeness (QED) is 0.378. The summed E-state index contributed by atoms with van der Waals surface area (Å²) < 4.78 is 0. The van der Waals surface area contributed by atoms with Crippen molar-refractivity contribution in [2.45, 2.75) is 101 Å². The number of likely N-dealkylation sites (tertiary alicyclic amines) is 1. The molecule has 10 heteroatoms. The molecule has 4 aliphatic rings. The lowest BCUT2D eigenvalue weighted by Gasteiger charge is -2.30. The maximum Gasteiger partial charge on any atom is 0.315 e. The number of aromatic amines is 1. The Morgan fingerprint density at radius 2 is 1.69 bits per heavy atom. The number of H-pyrrole nitrogens is 1. The van der Waals surface area contributed by atoms with E-state index in [4.69, 9.17) is 0 Å². The van der Waals surface area contributed by atoms with Crippen LogP contribution in [-0.4, -0.2) is 68.4 Å². The van der Waals surface area contributed by atoms with Gasteiger partial charge in [0.15, 0.2) is 5.82 Å². The molecule has 0 radical (unpaired) electrons. The first-order chi connectivity index (χ1) is 17.7. The average Bonchev–Trinajstić information content (AvgIpc) is 3.25. The standard InChI is InChI=1S/C26H39N9O/c36-26(30-20-12-14-35(16-20)21-9-10-21)29-19-7-5-18(6-8-19)28-25-27-13-11-23(32-25)31-24-15-22(33-34-24)17-3-1-2-4-17/h11,13,15,17-21H,1-10,12,14,16H2,(H2,29,30,36)(H3,27,28,31,32,33,34). The number of urea groups is 1. The van der Waals surface area contributed by atoms with Gasteiger partial charge in [0.25, 0.3) is 0 Å². The van der Waals surface area contributed by atoms with Crippen LogP contribution in [0.2, 0.25) is 0 Å². The van der Waals surface area contributed by atoms with E-state index in [0.717, 1.165) is 62.9 Å². The third kappa shape index (κ3) is 5.91. The molecule has 6 rings (SSSR count). The van der Waals surface area contributed by atoms with Crippen LogP contribution in [0.1, 0.15) is 82.2 Å². The van der Waals surface area contributed by atoms with Gasteiger partial charge >= 0.3 is 6.03 Å². The SMILES string of the molecule is O=C(NC1CCC(Nc2nccc(Nc3cc(C4CCCC4)[nH]n3)n2)CC1)NC1CCN(C2CC2)C1. The van der Waals surface area contributed by atoms with Crippen LogP contribution in [0.5, 0.6) is 0 Å². The molecule has 194 valence electrons. The van der Waals surface area contributed by atoms with Crippen molar-refractivity contribution in [2.75, 3.05) is 23.7 Å². The highest BCUT2D eigenvalue weighted by Crippen LogP contribution is 2.34. The lowest BCUT2D eigenvalue weighted by molar-refractivity contribution is 0.227. The monoisotopic (exact) mass is 493 g/mol. The second-order valence-corrected chi connectivity index (χ2v) is 11.1. The van der Waals surface area contributed by atoms with E-state index < -0.39 is 0 Å². The minimum absolute atomic E-state index is 0.00869. The highest BCUT2D eigenvalue weighted by molar-refractivity contribution is 5.74. The van der Waals surface area contributed by atoms with Crippen LogP contribution in [0.3, 0.4) is 0 Å². The fourth-order valence-corrected chi connectivity index (χ4v) is 6.13. The molecule has 10 nitrogen and oxygen atoms in total. The molecule has 3 heterocycles. The number of carbonyl (C=O) groups is 1. The van der Waals surface area contributed by atoms with E-state index in [1.165, 1.54) is 44.2 Å². The fourth-order valence-electron chi connectivity index (χ4n) is 6.13. The number of rotatable bonds is 8. The van der Waals surface area contributed by atoms with Gasteiger partial charge in [-0.05, 0) is 63.9 Å². The van der Waals surface area contributed by atoms with Crippen molar-refractivity contribution in [3.63, 3.8) is 0 Å². The van der Waals surface area contributed by atoms with E-state index >= 15 is 0 Å². The summed E-state index contributed by atoms with van der Waals surface area (Å²) in [6, 6.07) is 5.56. The molecule has 1 saturated heterocycles. The zero-order valence-electron chi connectivity index (χ0n) is 21.0. The summed E-state index contributed by atoms with van der Waals surface area (Å²) in [6.07, 6.45) is 14.5. The highest BCUT2D eigenvalue weighted by atomic mass is 16.2. The normalized spacial score (nSPS) is 27.2. The lowest BCUT2D eigenvalue weighted by atomic mass is 9.91. The molecule has 4 fully saturated rings. The Balaban J connectivity index is 0.934. The molecule has 1 atom stereocenters. The Morgan fingerprint density at radius 3 is 2.50 bits per heavy atom. The van der Waals surface area contributed by atoms with Gasteiger partial charge in [-0.1, -0.05) is 12.8 Å². The fraction of sp³-hybridized carbons (Fsp3) is 0.692. The van der Waals surface area contributed by atoms with Crippen LogP contribution >= 0.6 is 0 Å². The van der Waals surface area contributed by atoms with E-state index in [9.17, 15) is 4.79 Å². The van der Waals surface area contributed by atoms with E-state index in [0.29, 0.717) is 17.9 Å². The van der Waals surface area contributed by atoms with Crippen molar-refractivity contribution in [3.05, 3.63) is 24.0 Å². The van der Waals surface area contributed by atoms with Gasteiger partial charge in [-0.2, -0.15) is 10.1 Å². The molecule has 3 saturated carbocycles. The Morgan fingerprint density at radius 1 is 0.917 bits per heavy atom. The molecule has 1 unspecified atom stereocenters. The van der Waals surface area contributed by atoms with Gasteiger partial charge in [0.05, 0.1) is 0 Å². The molecule has 36 heavy (non-hydrogen) atoms. The maximum atomic E-state index is 12.5. The zero-order chi connectivity index (χ0) is 24.3. The van der Waals surface area contributed by atoms with Gasteiger partial charge in [0.2, 0.25) is 5.95 Å². The third-order valence-electron chi connectivity index (χ3n) is 8.32. The number of hydrogen-bond acceptors (Lipinski definition) is 7. The largest absolute Gasteiger partial charge is 0.351 e. The third-order valence-corrected chi connectivity index (χ3v) is 8.32. The first-order valence-corrected chi connectivity index (χ1v) is 13.9. The Hall–Kier alpha value is -2.88. The van der Waals surface area contributed by atoms with Gasteiger partial charge in [0.1, 0.15) is 5.82 Å². The molecule has 3 aliphatic carbocycles. The van der Waals surface area contributed by atoms with Crippen LogP contribution in [0.4, 0.5) is 22.4 Å². The number of nitrogens with one attached hydrogen (secondary N) is 5. The number of nitrogens with zero attached hydrogens (tertiary/aromatic N) is 4. The van der Waals surface area contributed by atoms with Gasteiger partial charge in [-0.25, -0.2) is 9.78 Å². The molecular formula is C26H39N9O. The summed E-state index contributed by atoms with van der Waals surface area (Å²) in [7, 11) is 0. The number of amides is 2. The second kappa shape index (κ2) is 10.6. The number of hydrogen-bond donors (Lipinski definition) is 5. The van der Waals surface area contributed by atoms with Crippen LogP contribution in [-0.2, 0) is 0 Å². The van der Waals surface area contributed by atoms with Crippen molar-refractivity contribution in [1.29, 1.82) is 0 Å². The van der Waals surface area contributed by atoms with Gasteiger partial charge in [-0.15, -0.1) is 0 Å². The number of carbonyl (C=O) groups excluding carboxylic acids is 1. The first-order valence-electron chi connectivity index (χ1n) is 13.9. The van der Waals surface area contributed by atoms with Crippen molar-refractivity contribution in [2.24, 2.45) is 0 Å². The predicted octanol–water partition coefficient (Wildman–Crippen LogP) is 3.86. The van der Waals surface area contributed by atoms with Crippen molar-refractivity contribution in [3.8, 4) is 0 Å². The van der Waals surface area contributed by atoms with E-state index in [2.05, 4.69) is 52.4 Å². The van der Waals surface area contributed by atoms with Crippen LogP contribution < -0.4 is 21.3 Å². The molecule has 0 spiro atoms. The summed E-state index contributed by atoms with van der Waals surface area (Å²) in [5, 5.41) is 20.8. The van der Waals surface area contributed by atoms with E-state index in [1.54, 1.807) is 6.20 Å². The molecule has 2 aromatic heterocycles. The van der Waals surface area contributed by atoms with Crippen molar-refractivity contribution < 1.29 is 4.79 Å². The van der Waals surface area contributed by atoms with E-state index in [1.807, 2.05) is 6.07 Å².